The van der Waals surface area contributed by atoms with Crippen molar-refractivity contribution in [2.24, 2.45) is 0 Å². The average Bonchev–Trinajstić information content (AvgIpc) is 3.32. The van der Waals surface area contributed by atoms with Gasteiger partial charge in [0.1, 0.15) is 11.6 Å². The molecule has 4 heterocycles. The van der Waals surface area contributed by atoms with Crippen LogP contribution in [-0.2, 0) is 4.79 Å². The van der Waals surface area contributed by atoms with E-state index in [4.69, 9.17) is 17.3 Å². The molecule has 0 bridgehead atoms. The second-order valence-corrected chi connectivity index (χ2v) is 8.29. The molecule has 0 unspecified atom stereocenters. The van der Waals surface area contributed by atoms with Crippen molar-refractivity contribution in [3.8, 4) is 22.4 Å². The van der Waals surface area contributed by atoms with E-state index in [1.807, 2.05) is 16.9 Å². The largest absolute Gasteiger partial charge is 0.383 e. The zero-order valence-electron chi connectivity index (χ0n) is 17.1. The highest BCUT2D eigenvalue weighted by Gasteiger charge is 2.20. The minimum absolute atomic E-state index is 0.250. The number of aromatic nitrogens is 4. The van der Waals surface area contributed by atoms with E-state index in [-0.39, 0.29) is 11.9 Å². The molecule has 32 heavy (non-hydrogen) atoms. The lowest BCUT2D eigenvalue weighted by molar-refractivity contribution is -0.119. The number of pyridine rings is 2. The Hall–Kier alpha value is -3.52. The minimum atomic E-state index is -0.380. The number of hydrogen-bond donors (Lipinski definition) is 1. The molecule has 9 heteroatoms. The van der Waals surface area contributed by atoms with Gasteiger partial charge in [-0.3, -0.25) is 14.5 Å². The highest BCUT2D eigenvalue weighted by Crippen LogP contribution is 2.33. The smallest absolute Gasteiger partial charge is 0.209 e. The number of nitrogens with zero attached hydrogens (tertiary/aromatic N) is 5. The molecule has 5 rings (SSSR count). The van der Waals surface area contributed by atoms with Crippen LogP contribution in [0.1, 0.15) is 18.9 Å². The van der Waals surface area contributed by atoms with Crippen LogP contribution in [0, 0.1) is 5.82 Å². The number of carbonyl (C=O) groups excluding carboxylic acids is 1. The van der Waals surface area contributed by atoms with Gasteiger partial charge in [0.25, 0.3) is 0 Å². The van der Waals surface area contributed by atoms with Gasteiger partial charge in [0.15, 0.2) is 0 Å². The Morgan fingerprint density at radius 2 is 1.88 bits per heavy atom. The zero-order chi connectivity index (χ0) is 22.2. The van der Waals surface area contributed by atoms with Gasteiger partial charge in [-0.05, 0) is 37.1 Å². The SMILES string of the molecule is Nc1ncc(-c2cnn(C3CCN(C=O)CC3)c2)cc1-c1cc2c(Cl)ccc(F)c2cn1. The third kappa shape index (κ3) is 3.67. The summed E-state index contributed by atoms with van der Waals surface area (Å²) in [4.78, 5) is 21.5. The number of amides is 1. The molecule has 1 aromatic carbocycles. The van der Waals surface area contributed by atoms with Crippen molar-refractivity contribution in [1.29, 1.82) is 0 Å². The van der Waals surface area contributed by atoms with Gasteiger partial charge in [-0.15, -0.1) is 0 Å². The van der Waals surface area contributed by atoms with Crippen molar-refractivity contribution in [2.45, 2.75) is 18.9 Å². The summed E-state index contributed by atoms with van der Waals surface area (Å²) in [6, 6.07) is 6.72. The van der Waals surface area contributed by atoms with Crippen LogP contribution in [0.3, 0.4) is 0 Å². The predicted molar refractivity (Wildman–Crippen MR) is 121 cm³/mol. The molecule has 2 N–H and O–H groups in total. The number of nitrogen functional groups attached to an aromatic ring is 1. The molecular weight excluding hydrogens is 431 g/mol. The number of rotatable bonds is 4. The quantitative estimate of drug-likeness (QED) is 0.467. The summed E-state index contributed by atoms with van der Waals surface area (Å²) in [7, 11) is 0. The fraction of sp³-hybridized carbons (Fsp3) is 0.217. The first-order valence-corrected chi connectivity index (χ1v) is 10.6. The van der Waals surface area contributed by atoms with Crippen LogP contribution in [0.5, 0.6) is 0 Å². The van der Waals surface area contributed by atoms with E-state index >= 15 is 0 Å². The molecule has 0 aliphatic carbocycles. The third-order valence-corrected chi connectivity index (χ3v) is 6.28. The number of anilines is 1. The molecule has 1 amide bonds. The second kappa shape index (κ2) is 8.20. The Morgan fingerprint density at radius 1 is 1.06 bits per heavy atom. The first kappa shape index (κ1) is 20.4. The molecule has 7 nitrogen and oxygen atoms in total. The molecule has 1 aliphatic rings. The molecule has 0 radical (unpaired) electrons. The van der Waals surface area contributed by atoms with Gasteiger partial charge in [0, 0.05) is 64.2 Å². The Balaban J connectivity index is 1.48. The molecule has 0 atom stereocenters. The molecule has 162 valence electrons. The Kier molecular flexibility index (Phi) is 5.22. The summed E-state index contributed by atoms with van der Waals surface area (Å²) in [6.45, 7) is 1.46. The number of likely N-dealkylation sites (tertiary alicyclic amines) is 1. The summed E-state index contributed by atoms with van der Waals surface area (Å²) in [5, 5.41) is 5.89. The topological polar surface area (TPSA) is 89.9 Å². The molecular formula is C23H20ClFN6O. The van der Waals surface area contributed by atoms with E-state index in [0.717, 1.165) is 43.5 Å². The lowest BCUT2D eigenvalue weighted by Crippen LogP contribution is -2.33. The molecule has 1 fully saturated rings. The molecule has 4 aromatic rings. The number of piperidine rings is 1. The predicted octanol–water partition coefficient (Wildman–Crippen LogP) is 4.33. The molecule has 1 saturated heterocycles. The van der Waals surface area contributed by atoms with Gasteiger partial charge in [0.05, 0.1) is 17.9 Å². The van der Waals surface area contributed by atoms with Crippen molar-refractivity contribution in [2.75, 3.05) is 18.8 Å². The van der Waals surface area contributed by atoms with E-state index in [2.05, 4.69) is 15.1 Å². The Bertz CT molecular complexity index is 1320. The maximum absolute atomic E-state index is 14.1. The van der Waals surface area contributed by atoms with Crippen LogP contribution in [0.2, 0.25) is 5.02 Å². The monoisotopic (exact) mass is 450 g/mol. The zero-order valence-corrected chi connectivity index (χ0v) is 17.8. The highest BCUT2D eigenvalue weighted by molar-refractivity contribution is 6.35. The normalized spacial score (nSPS) is 14.8. The van der Waals surface area contributed by atoms with Gasteiger partial charge >= 0.3 is 0 Å². The van der Waals surface area contributed by atoms with E-state index in [9.17, 15) is 9.18 Å². The summed E-state index contributed by atoms with van der Waals surface area (Å²) in [5.74, 6) is -0.0589. The number of benzene rings is 1. The lowest BCUT2D eigenvalue weighted by atomic mass is 10.0. The van der Waals surface area contributed by atoms with Crippen molar-refractivity contribution < 1.29 is 9.18 Å². The number of nitrogens with two attached hydrogens (primary N) is 1. The van der Waals surface area contributed by atoms with Crippen molar-refractivity contribution in [3.63, 3.8) is 0 Å². The third-order valence-electron chi connectivity index (χ3n) is 5.95. The number of hydrogen-bond acceptors (Lipinski definition) is 5. The van der Waals surface area contributed by atoms with Crippen LogP contribution in [-0.4, -0.2) is 44.1 Å². The van der Waals surface area contributed by atoms with E-state index < -0.39 is 0 Å². The van der Waals surface area contributed by atoms with Crippen LogP contribution >= 0.6 is 11.6 Å². The van der Waals surface area contributed by atoms with Gasteiger partial charge < -0.3 is 10.6 Å². The van der Waals surface area contributed by atoms with E-state index in [0.29, 0.717) is 32.9 Å². The maximum Gasteiger partial charge on any atom is 0.209 e. The van der Waals surface area contributed by atoms with Crippen molar-refractivity contribution in [1.82, 2.24) is 24.6 Å². The van der Waals surface area contributed by atoms with E-state index in [1.165, 1.54) is 18.3 Å². The average molecular weight is 451 g/mol. The fourth-order valence-electron chi connectivity index (χ4n) is 4.10. The van der Waals surface area contributed by atoms with Gasteiger partial charge in [-0.2, -0.15) is 5.10 Å². The number of halogens is 2. The van der Waals surface area contributed by atoms with Crippen LogP contribution in [0.4, 0.5) is 10.2 Å². The number of carbonyl (C=O) groups is 1. The van der Waals surface area contributed by atoms with Crippen LogP contribution in [0.25, 0.3) is 33.2 Å². The summed E-state index contributed by atoms with van der Waals surface area (Å²) >= 11 is 6.28. The summed E-state index contributed by atoms with van der Waals surface area (Å²) < 4.78 is 16.0. The standard InChI is InChI=1S/C23H20ClFN6O/c24-20-1-2-21(25)19-11-27-22(8-17(19)20)18-7-14(9-28-23(18)26)15-10-29-31(12-15)16-3-5-30(13-32)6-4-16/h1-2,7-13,16H,3-6H2,(H2,26,28). The highest BCUT2D eigenvalue weighted by atomic mass is 35.5. The van der Waals surface area contributed by atoms with Gasteiger partial charge in [-0.1, -0.05) is 11.6 Å². The van der Waals surface area contributed by atoms with Crippen molar-refractivity contribution in [3.05, 3.63) is 59.9 Å². The molecule has 3 aromatic heterocycles. The first-order valence-electron chi connectivity index (χ1n) is 10.3. The molecule has 0 spiro atoms. The fourth-order valence-corrected chi connectivity index (χ4v) is 4.32. The van der Waals surface area contributed by atoms with Gasteiger partial charge in [-0.25, -0.2) is 9.37 Å². The van der Waals surface area contributed by atoms with Gasteiger partial charge in [0.2, 0.25) is 6.41 Å². The Labute approximate surface area is 188 Å². The van der Waals surface area contributed by atoms with E-state index in [1.54, 1.807) is 23.4 Å². The molecule has 0 saturated carbocycles. The minimum Gasteiger partial charge on any atom is -0.383 e. The second-order valence-electron chi connectivity index (χ2n) is 7.88. The number of fused-ring (bicyclic) bond motifs is 1. The summed E-state index contributed by atoms with van der Waals surface area (Å²) in [6.07, 6.45) is 9.56. The Morgan fingerprint density at radius 3 is 2.66 bits per heavy atom. The van der Waals surface area contributed by atoms with Crippen LogP contribution < -0.4 is 5.73 Å². The first-order chi connectivity index (χ1) is 15.5. The van der Waals surface area contributed by atoms with Crippen LogP contribution in [0.15, 0.2) is 49.1 Å². The maximum atomic E-state index is 14.1. The van der Waals surface area contributed by atoms with Crippen molar-refractivity contribution >= 4 is 34.6 Å². The lowest BCUT2D eigenvalue weighted by Gasteiger charge is -2.29. The molecule has 1 aliphatic heterocycles. The summed E-state index contributed by atoms with van der Waals surface area (Å²) in [5.41, 5.74) is 9.09.